The first-order chi connectivity index (χ1) is 9.31. The summed E-state index contributed by atoms with van der Waals surface area (Å²) >= 11 is 0. The van der Waals surface area contributed by atoms with Crippen LogP contribution in [0.25, 0.3) is 11.0 Å². The number of rotatable bonds is 7. The van der Waals surface area contributed by atoms with Gasteiger partial charge in [0.05, 0.1) is 0 Å². The van der Waals surface area contributed by atoms with Crippen molar-refractivity contribution in [2.75, 3.05) is 6.54 Å². The van der Waals surface area contributed by atoms with Gasteiger partial charge in [-0.2, -0.15) is 0 Å². The Morgan fingerprint density at radius 2 is 1.95 bits per heavy atom. The molecule has 2 aromatic rings. The van der Waals surface area contributed by atoms with E-state index >= 15 is 0 Å². The number of unbranched alkanes of at least 4 members (excludes halogenated alkanes) is 1. The van der Waals surface area contributed by atoms with Crippen LogP contribution in [-0.2, 0) is 6.42 Å². The number of hydrogen-bond donors (Lipinski definition) is 1. The van der Waals surface area contributed by atoms with E-state index < -0.39 is 0 Å². The van der Waals surface area contributed by atoms with Crippen LogP contribution in [0.15, 0.2) is 28.7 Å². The highest BCUT2D eigenvalue weighted by Crippen LogP contribution is 2.33. The van der Waals surface area contributed by atoms with Crippen LogP contribution in [0.4, 0.5) is 0 Å². The van der Waals surface area contributed by atoms with Crippen molar-refractivity contribution in [3.05, 3.63) is 35.6 Å². The van der Waals surface area contributed by atoms with Gasteiger partial charge in [0.2, 0.25) is 0 Å². The summed E-state index contributed by atoms with van der Waals surface area (Å²) in [5.74, 6) is 1.14. The van der Waals surface area contributed by atoms with Gasteiger partial charge in [0, 0.05) is 23.4 Å². The van der Waals surface area contributed by atoms with Crippen molar-refractivity contribution in [3.8, 4) is 0 Å². The van der Waals surface area contributed by atoms with Crippen LogP contribution in [0.3, 0.4) is 0 Å². The molecule has 0 aliphatic heterocycles. The normalized spacial score (nSPS) is 13.0. The summed E-state index contributed by atoms with van der Waals surface area (Å²) in [6.45, 7) is 7.59. The van der Waals surface area contributed by atoms with Crippen molar-refractivity contribution in [3.63, 3.8) is 0 Å². The fraction of sp³-hybridized carbons (Fsp3) is 0.529. The van der Waals surface area contributed by atoms with E-state index in [1.54, 1.807) is 0 Å². The van der Waals surface area contributed by atoms with Gasteiger partial charge in [0.25, 0.3) is 0 Å². The van der Waals surface area contributed by atoms with Gasteiger partial charge in [0.1, 0.15) is 11.3 Å². The molecule has 1 N–H and O–H groups in total. The molecular formula is C17H25NO. The minimum atomic E-state index is 0.420. The summed E-state index contributed by atoms with van der Waals surface area (Å²) < 4.78 is 6.02. The fourth-order valence-electron chi connectivity index (χ4n) is 2.76. The molecule has 0 amide bonds. The number of aryl methyl sites for hydroxylation is 1. The van der Waals surface area contributed by atoms with Crippen molar-refractivity contribution in [1.29, 1.82) is 0 Å². The van der Waals surface area contributed by atoms with Gasteiger partial charge in [-0.3, -0.25) is 0 Å². The molecule has 1 aromatic carbocycles. The van der Waals surface area contributed by atoms with Crippen molar-refractivity contribution in [2.45, 2.75) is 52.5 Å². The Morgan fingerprint density at radius 1 is 1.16 bits per heavy atom. The van der Waals surface area contributed by atoms with Crippen LogP contribution < -0.4 is 5.32 Å². The van der Waals surface area contributed by atoms with Gasteiger partial charge in [0.15, 0.2) is 0 Å². The number of nitrogens with one attached hydrogen (secondary N) is 1. The highest BCUT2D eigenvalue weighted by atomic mass is 16.3. The third kappa shape index (κ3) is 3.01. The molecule has 104 valence electrons. The Balaban J connectivity index is 2.43. The molecule has 0 saturated carbocycles. The first-order valence-corrected chi connectivity index (χ1v) is 7.55. The second kappa shape index (κ2) is 6.76. The molecule has 0 aliphatic carbocycles. The first-order valence-electron chi connectivity index (χ1n) is 7.55. The van der Waals surface area contributed by atoms with Crippen molar-refractivity contribution in [1.82, 2.24) is 5.32 Å². The van der Waals surface area contributed by atoms with Gasteiger partial charge in [-0.05, 0) is 19.0 Å². The lowest BCUT2D eigenvalue weighted by molar-refractivity contribution is 0.474. The van der Waals surface area contributed by atoms with E-state index in [9.17, 15) is 0 Å². The molecule has 1 atom stereocenters. The lowest BCUT2D eigenvalue weighted by atomic mass is 9.97. The average Bonchev–Trinajstić information content (AvgIpc) is 2.82. The molecule has 19 heavy (non-hydrogen) atoms. The first kappa shape index (κ1) is 14.1. The lowest BCUT2D eigenvalue weighted by Crippen LogP contribution is -2.21. The van der Waals surface area contributed by atoms with E-state index in [0.29, 0.717) is 6.04 Å². The Bertz CT molecular complexity index is 515. The van der Waals surface area contributed by atoms with E-state index in [4.69, 9.17) is 4.42 Å². The topological polar surface area (TPSA) is 25.2 Å². The molecule has 0 aliphatic rings. The standard InChI is InChI=1S/C17H25NO/c1-4-7-11-14(18-6-3)17-13-10-8-9-12-16(13)19-15(17)5-2/h8-10,12,14,18H,4-7,11H2,1-3H3. The predicted octanol–water partition coefficient (Wildman–Crippen LogP) is 4.84. The van der Waals surface area contributed by atoms with Crippen LogP contribution >= 0.6 is 0 Å². The van der Waals surface area contributed by atoms with E-state index in [2.05, 4.69) is 44.3 Å². The summed E-state index contributed by atoms with van der Waals surface area (Å²) in [5, 5.41) is 4.91. The number of fused-ring (bicyclic) bond motifs is 1. The summed E-state index contributed by atoms with van der Waals surface area (Å²) in [5.41, 5.74) is 2.40. The van der Waals surface area contributed by atoms with Gasteiger partial charge in [-0.25, -0.2) is 0 Å². The number of para-hydroxylation sites is 1. The third-order valence-corrected chi connectivity index (χ3v) is 3.68. The molecule has 0 radical (unpaired) electrons. The molecule has 2 heteroatoms. The zero-order valence-corrected chi connectivity index (χ0v) is 12.3. The highest BCUT2D eigenvalue weighted by Gasteiger charge is 2.20. The van der Waals surface area contributed by atoms with Crippen molar-refractivity contribution < 1.29 is 4.42 Å². The van der Waals surface area contributed by atoms with E-state index in [1.165, 1.54) is 30.2 Å². The molecule has 0 bridgehead atoms. The highest BCUT2D eigenvalue weighted by molar-refractivity contribution is 5.82. The van der Waals surface area contributed by atoms with Crippen LogP contribution in [0, 0.1) is 0 Å². The maximum atomic E-state index is 6.02. The zero-order chi connectivity index (χ0) is 13.7. The van der Waals surface area contributed by atoms with Crippen molar-refractivity contribution >= 4 is 11.0 Å². The Kier molecular flexibility index (Phi) is 5.03. The number of furan rings is 1. The van der Waals surface area contributed by atoms with Crippen LogP contribution in [0.2, 0.25) is 0 Å². The van der Waals surface area contributed by atoms with Crippen LogP contribution in [0.1, 0.15) is 57.4 Å². The molecule has 0 spiro atoms. The Morgan fingerprint density at radius 3 is 2.63 bits per heavy atom. The third-order valence-electron chi connectivity index (χ3n) is 3.68. The van der Waals surface area contributed by atoms with Crippen LogP contribution in [0.5, 0.6) is 0 Å². The Labute approximate surface area is 116 Å². The molecule has 1 heterocycles. The summed E-state index contributed by atoms with van der Waals surface area (Å²) in [6.07, 6.45) is 4.62. The van der Waals surface area contributed by atoms with E-state index in [-0.39, 0.29) is 0 Å². The Hall–Kier alpha value is -1.28. The van der Waals surface area contributed by atoms with Gasteiger partial charge in [-0.1, -0.05) is 51.8 Å². The smallest absolute Gasteiger partial charge is 0.134 e. The lowest BCUT2D eigenvalue weighted by Gasteiger charge is -2.18. The maximum Gasteiger partial charge on any atom is 0.134 e. The number of hydrogen-bond acceptors (Lipinski definition) is 2. The van der Waals surface area contributed by atoms with Gasteiger partial charge in [-0.15, -0.1) is 0 Å². The second-order valence-corrected chi connectivity index (χ2v) is 5.04. The fourth-order valence-corrected chi connectivity index (χ4v) is 2.76. The minimum absolute atomic E-state index is 0.420. The van der Waals surface area contributed by atoms with E-state index in [1.807, 2.05) is 6.07 Å². The monoisotopic (exact) mass is 259 g/mol. The van der Waals surface area contributed by atoms with Crippen molar-refractivity contribution in [2.24, 2.45) is 0 Å². The molecule has 2 rings (SSSR count). The minimum Gasteiger partial charge on any atom is -0.461 e. The SMILES string of the molecule is CCCCC(NCC)c1c(CC)oc2ccccc12. The van der Waals surface area contributed by atoms with Gasteiger partial charge < -0.3 is 9.73 Å². The molecule has 1 unspecified atom stereocenters. The summed E-state index contributed by atoms with van der Waals surface area (Å²) in [4.78, 5) is 0. The summed E-state index contributed by atoms with van der Waals surface area (Å²) in [6, 6.07) is 8.82. The van der Waals surface area contributed by atoms with Gasteiger partial charge >= 0.3 is 0 Å². The largest absolute Gasteiger partial charge is 0.461 e. The summed E-state index contributed by atoms with van der Waals surface area (Å²) in [7, 11) is 0. The molecular weight excluding hydrogens is 234 g/mol. The van der Waals surface area contributed by atoms with Crippen LogP contribution in [-0.4, -0.2) is 6.54 Å². The average molecular weight is 259 g/mol. The molecule has 0 saturated heterocycles. The second-order valence-electron chi connectivity index (χ2n) is 5.04. The molecule has 1 aromatic heterocycles. The van der Waals surface area contributed by atoms with E-state index in [0.717, 1.165) is 24.3 Å². The molecule has 0 fully saturated rings. The number of benzene rings is 1. The quantitative estimate of drug-likeness (QED) is 0.770. The maximum absolute atomic E-state index is 6.02. The molecule has 2 nitrogen and oxygen atoms in total. The predicted molar refractivity (Wildman–Crippen MR) is 81.5 cm³/mol. The zero-order valence-electron chi connectivity index (χ0n) is 12.3.